The number of rotatable bonds is 3. The predicted octanol–water partition coefficient (Wildman–Crippen LogP) is 1.09. The highest BCUT2D eigenvalue weighted by molar-refractivity contribution is 5.79. The molecule has 1 saturated heterocycles. The van der Waals surface area contributed by atoms with Gasteiger partial charge in [-0.2, -0.15) is 0 Å². The maximum Gasteiger partial charge on any atom is 0.318 e. The number of aliphatic hydroxyl groups is 1. The van der Waals surface area contributed by atoms with Gasteiger partial charge >= 0.3 is 6.03 Å². The maximum absolute atomic E-state index is 12.0. The number of benzene rings is 1. The van der Waals surface area contributed by atoms with E-state index in [1.165, 1.54) is 0 Å². The average molecular weight is 262 g/mol. The summed E-state index contributed by atoms with van der Waals surface area (Å²) >= 11 is 0. The maximum atomic E-state index is 12.0. The normalized spacial score (nSPS) is 20.7. The summed E-state index contributed by atoms with van der Waals surface area (Å²) in [5, 5.41) is 12.2. The molecular weight excluding hydrogens is 244 g/mol. The molecule has 1 aromatic rings. The molecule has 1 aliphatic heterocycles. The summed E-state index contributed by atoms with van der Waals surface area (Å²) in [4.78, 5) is 24.7. The minimum Gasteiger partial charge on any atom is -0.391 e. The van der Waals surface area contributed by atoms with Crippen LogP contribution in [0.5, 0.6) is 0 Å². The van der Waals surface area contributed by atoms with E-state index in [-0.39, 0.29) is 6.03 Å². The fourth-order valence-electron chi connectivity index (χ4n) is 2.22. The highest BCUT2D eigenvalue weighted by atomic mass is 16.3. The van der Waals surface area contributed by atoms with Crippen LogP contribution in [-0.4, -0.2) is 41.5 Å². The van der Waals surface area contributed by atoms with Gasteiger partial charge < -0.3 is 20.1 Å². The van der Waals surface area contributed by atoms with Gasteiger partial charge in [0, 0.05) is 13.1 Å². The van der Waals surface area contributed by atoms with Gasteiger partial charge in [-0.3, -0.25) is 0 Å². The first-order chi connectivity index (χ1) is 9.20. The van der Waals surface area contributed by atoms with Gasteiger partial charge in [-0.05, 0) is 18.4 Å². The van der Waals surface area contributed by atoms with E-state index >= 15 is 0 Å². The molecule has 2 N–H and O–H groups in total. The Labute approximate surface area is 112 Å². The molecule has 2 rings (SSSR count). The molecule has 1 fully saturated rings. The number of piperidine rings is 1. The Morgan fingerprint density at radius 2 is 2.16 bits per heavy atom. The van der Waals surface area contributed by atoms with E-state index in [4.69, 9.17) is 0 Å². The lowest BCUT2D eigenvalue weighted by atomic mass is 10.1. The molecule has 1 aliphatic rings. The number of hydrogen-bond acceptors (Lipinski definition) is 3. The van der Waals surface area contributed by atoms with Crippen molar-refractivity contribution in [2.45, 2.75) is 25.0 Å². The van der Waals surface area contributed by atoms with Gasteiger partial charge in [0.25, 0.3) is 0 Å². The quantitative estimate of drug-likeness (QED) is 0.801. The Hall–Kier alpha value is -1.88. The molecule has 0 bridgehead atoms. The minimum absolute atomic E-state index is 0.306. The van der Waals surface area contributed by atoms with E-state index in [0.717, 1.165) is 18.4 Å². The lowest BCUT2D eigenvalue weighted by molar-refractivity contribution is -0.109. The molecule has 1 heterocycles. The van der Waals surface area contributed by atoms with E-state index in [1.54, 1.807) is 17.0 Å². The molecule has 0 aromatic heterocycles. The van der Waals surface area contributed by atoms with Crippen molar-refractivity contribution < 1.29 is 14.7 Å². The summed E-state index contributed by atoms with van der Waals surface area (Å²) in [6.45, 7) is 0.940. The molecule has 0 radical (unpaired) electrons. The fraction of sp³-hybridized carbons (Fsp3) is 0.429. The smallest absolute Gasteiger partial charge is 0.318 e. The standard InChI is InChI=1S/C14H18N2O3/c17-10-13(11-5-2-1-3-6-11)15-14(19)16-8-4-7-12(18)9-16/h1-3,5-6,10,12-13,18H,4,7-9H2,(H,15,19)/t12-,13+/m1/s1. The van der Waals surface area contributed by atoms with Crippen molar-refractivity contribution in [3.05, 3.63) is 35.9 Å². The second-order valence-electron chi connectivity index (χ2n) is 4.72. The number of urea groups is 1. The van der Waals surface area contributed by atoms with E-state index in [9.17, 15) is 14.7 Å². The van der Waals surface area contributed by atoms with Crippen molar-refractivity contribution in [1.82, 2.24) is 10.2 Å². The number of β-amino-alcohol motifs (C(OH)–C–C–N with tert-alkyl or cyclic N) is 1. The second kappa shape index (κ2) is 6.33. The lowest BCUT2D eigenvalue weighted by Gasteiger charge is -2.31. The number of carbonyl (C=O) groups is 2. The third-order valence-corrected chi connectivity index (χ3v) is 3.26. The highest BCUT2D eigenvalue weighted by Crippen LogP contribution is 2.13. The lowest BCUT2D eigenvalue weighted by Crippen LogP contribution is -2.48. The summed E-state index contributed by atoms with van der Waals surface area (Å²) in [6.07, 6.45) is 1.75. The first kappa shape index (κ1) is 13.5. The third kappa shape index (κ3) is 3.54. The largest absolute Gasteiger partial charge is 0.391 e. The fourth-order valence-corrected chi connectivity index (χ4v) is 2.22. The summed E-state index contributed by atoms with van der Waals surface area (Å²) in [5.74, 6) is 0. The Morgan fingerprint density at radius 3 is 2.79 bits per heavy atom. The van der Waals surface area contributed by atoms with Crippen LogP contribution in [0.15, 0.2) is 30.3 Å². The van der Waals surface area contributed by atoms with Crippen LogP contribution in [0.4, 0.5) is 4.79 Å². The van der Waals surface area contributed by atoms with Crippen LogP contribution < -0.4 is 5.32 Å². The van der Waals surface area contributed by atoms with Crippen LogP contribution in [0.2, 0.25) is 0 Å². The number of carbonyl (C=O) groups excluding carboxylic acids is 2. The van der Waals surface area contributed by atoms with Crippen LogP contribution in [-0.2, 0) is 4.79 Å². The Kier molecular flexibility index (Phi) is 4.52. The van der Waals surface area contributed by atoms with Gasteiger partial charge in [-0.15, -0.1) is 0 Å². The zero-order chi connectivity index (χ0) is 13.7. The van der Waals surface area contributed by atoms with Crippen LogP contribution in [0, 0.1) is 0 Å². The van der Waals surface area contributed by atoms with Crippen molar-refractivity contribution in [2.24, 2.45) is 0 Å². The van der Waals surface area contributed by atoms with Crippen molar-refractivity contribution >= 4 is 12.3 Å². The predicted molar refractivity (Wildman–Crippen MR) is 70.6 cm³/mol. The van der Waals surface area contributed by atoms with E-state index in [2.05, 4.69) is 5.32 Å². The van der Waals surface area contributed by atoms with Crippen LogP contribution >= 0.6 is 0 Å². The number of nitrogens with one attached hydrogen (secondary N) is 1. The van der Waals surface area contributed by atoms with Crippen molar-refractivity contribution in [3.63, 3.8) is 0 Å². The van der Waals surface area contributed by atoms with E-state index in [1.807, 2.05) is 18.2 Å². The molecular formula is C14H18N2O3. The van der Waals surface area contributed by atoms with Crippen molar-refractivity contribution in [3.8, 4) is 0 Å². The molecule has 2 atom stereocenters. The van der Waals surface area contributed by atoms with Crippen LogP contribution in [0.25, 0.3) is 0 Å². The summed E-state index contributed by atoms with van der Waals surface area (Å²) < 4.78 is 0. The van der Waals surface area contributed by atoms with Crippen LogP contribution in [0.1, 0.15) is 24.4 Å². The number of likely N-dealkylation sites (tertiary alicyclic amines) is 1. The average Bonchev–Trinajstić information content (AvgIpc) is 2.45. The first-order valence-corrected chi connectivity index (χ1v) is 6.44. The molecule has 1 aromatic carbocycles. The molecule has 0 unspecified atom stereocenters. The molecule has 5 nitrogen and oxygen atoms in total. The summed E-state index contributed by atoms with van der Waals surface area (Å²) in [6, 6.07) is 8.14. The van der Waals surface area contributed by atoms with Crippen molar-refractivity contribution in [2.75, 3.05) is 13.1 Å². The minimum atomic E-state index is -0.646. The van der Waals surface area contributed by atoms with Gasteiger partial charge in [0.1, 0.15) is 12.3 Å². The monoisotopic (exact) mass is 262 g/mol. The van der Waals surface area contributed by atoms with Gasteiger partial charge in [0.05, 0.1) is 6.10 Å². The van der Waals surface area contributed by atoms with E-state index in [0.29, 0.717) is 19.4 Å². The zero-order valence-corrected chi connectivity index (χ0v) is 10.7. The molecule has 5 heteroatoms. The number of nitrogens with zero attached hydrogens (tertiary/aromatic N) is 1. The molecule has 0 saturated carbocycles. The van der Waals surface area contributed by atoms with Gasteiger partial charge in [0.2, 0.25) is 0 Å². The van der Waals surface area contributed by atoms with Gasteiger partial charge in [-0.1, -0.05) is 30.3 Å². The molecule has 0 aliphatic carbocycles. The third-order valence-electron chi connectivity index (χ3n) is 3.26. The van der Waals surface area contributed by atoms with Crippen molar-refractivity contribution in [1.29, 1.82) is 0 Å². The Balaban J connectivity index is 1.98. The zero-order valence-electron chi connectivity index (χ0n) is 10.7. The number of amides is 2. The number of aldehydes is 1. The molecule has 2 amide bonds. The second-order valence-corrected chi connectivity index (χ2v) is 4.72. The topological polar surface area (TPSA) is 69.6 Å². The molecule has 102 valence electrons. The SMILES string of the molecule is O=C[C@H](NC(=O)N1CCC[C@@H](O)C1)c1ccccc1. The Morgan fingerprint density at radius 1 is 1.42 bits per heavy atom. The number of hydrogen-bond donors (Lipinski definition) is 2. The first-order valence-electron chi connectivity index (χ1n) is 6.44. The van der Waals surface area contributed by atoms with Gasteiger partial charge in [-0.25, -0.2) is 4.79 Å². The van der Waals surface area contributed by atoms with Gasteiger partial charge in [0.15, 0.2) is 0 Å². The van der Waals surface area contributed by atoms with Crippen LogP contribution in [0.3, 0.4) is 0 Å². The molecule has 0 spiro atoms. The molecule has 19 heavy (non-hydrogen) atoms. The Bertz CT molecular complexity index is 436. The summed E-state index contributed by atoms with van der Waals surface area (Å²) in [5.41, 5.74) is 0.753. The number of aliphatic hydroxyl groups excluding tert-OH is 1. The summed E-state index contributed by atoms with van der Waals surface area (Å²) in [7, 11) is 0. The highest BCUT2D eigenvalue weighted by Gasteiger charge is 2.24. The van der Waals surface area contributed by atoms with E-state index < -0.39 is 12.1 Å².